The maximum absolute atomic E-state index is 12.4. The molecule has 1 unspecified atom stereocenters. The van der Waals surface area contributed by atoms with Crippen molar-refractivity contribution in [2.24, 2.45) is 17.3 Å². The maximum Gasteiger partial charge on any atom is 0.170 e. The first kappa shape index (κ1) is 21.0. The Kier molecular flexibility index (Phi) is 7.73. The molecule has 1 aliphatic carbocycles. The summed E-state index contributed by atoms with van der Waals surface area (Å²) in [5.41, 5.74) is 1.63. The summed E-state index contributed by atoms with van der Waals surface area (Å²) in [7, 11) is 0. The second-order valence-corrected chi connectivity index (χ2v) is 9.11. The van der Waals surface area contributed by atoms with Crippen LogP contribution in [0.15, 0.2) is 24.3 Å². The van der Waals surface area contributed by atoms with E-state index in [1.807, 2.05) is 12.1 Å². The molecule has 0 aliphatic heterocycles. The summed E-state index contributed by atoms with van der Waals surface area (Å²) in [5.74, 6) is 2.96. The van der Waals surface area contributed by atoms with Gasteiger partial charge in [0.15, 0.2) is 5.78 Å². The van der Waals surface area contributed by atoms with Gasteiger partial charge in [0.1, 0.15) is 12.4 Å². The highest BCUT2D eigenvalue weighted by Crippen LogP contribution is 2.44. The smallest absolute Gasteiger partial charge is 0.170 e. The van der Waals surface area contributed by atoms with Crippen LogP contribution < -0.4 is 4.74 Å². The molecule has 0 saturated heterocycles. The third kappa shape index (κ3) is 5.86. The van der Waals surface area contributed by atoms with Crippen LogP contribution in [0.5, 0.6) is 5.75 Å². The van der Waals surface area contributed by atoms with Crippen molar-refractivity contribution in [3.63, 3.8) is 0 Å². The molecule has 1 aromatic rings. The van der Waals surface area contributed by atoms with Gasteiger partial charge in [-0.05, 0) is 60.1 Å². The molecule has 1 aromatic carbocycles. The minimum atomic E-state index is 0.209. The molecule has 1 atom stereocenters. The zero-order chi connectivity index (χ0) is 19.2. The molecule has 0 aromatic heterocycles. The highest BCUT2D eigenvalue weighted by atomic mass is 16.5. The molecule has 0 radical (unpaired) electrons. The van der Waals surface area contributed by atoms with E-state index in [0.29, 0.717) is 24.2 Å². The Morgan fingerprint density at radius 2 is 1.69 bits per heavy atom. The van der Waals surface area contributed by atoms with Crippen molar-refractivity contribution in [1.82, 2.24) is 0 Å². The van der Waals surface area contributed by atoms with Gasteiger partial charge in [-0.2, -0.15) is 0 Å². The van der Waals surface area contributed by atoms with Gasteiger partial charge in [-0.3, -0.25) is 4.79 Å². The molecule has 0 N–H and O–H groups in total. The van der Waals surface area contributed by atoms with E-state index in [0.717, 1.165) is 12.2 Å². The monoisotopic (exact) mass is 358 g/mol. The summed E-state index contributed by atoms with van der Waals surface area (Å²) in [6.07, 6.45) is 7.96. The van der Waals surface area contributed by atoms with Crippen molar-refractivity contribution in [2.75, 3.05) is 6.61 Å². The minimum Gasteiger partial charge on any atom is -0.486 e. The SMILES string of the molecule is CCC1(CC(=O)COc2ccc(C(CC(C)C)C(C)C)cc2)CCCC1. The Labute approximate surface area is 160 Å². The number of ether oxygens (including phenoxy) is 1. The number of Topliss-reactive ketones (excluding diaryl/α,β-unsaturated/α-hetero) is 1. The molecule has 1 fully saturated rings. The van der Waals surface area contributed by atoms with Crippen LogP contribution in [0.2, 0.25) is 0 Å². The van der Waals surface area contributed by atoms with Crippen LogP contribution in [0.4, 0.5) is 0 Å². The molecular formula is C24H38O2. The molecule has 2 nitrogen and oxygen atoms in total. The van der Waals surface area contributed by atoms with Gasteiger partial charge in [0.05, 0.1) is 0 Å². The number of rotatable bonds is 10. The molecule has 0 spiro atoms. The van der Waals surface area contributed by atoms with E-state index < -0.39 is 0 Å². The second kappa shape index (κ2) is 9.58. The van der Waals surface area contributed by atoms with Crippen LogP contribution in [-0.4, -0.2) is 12.4 Å². The van der Waals surface area contributed by atoms with E-state index in [2.05, 4.69) is 46.8 Å². The van der Waals surface area contributed by atoms with Crippen LogP contribution in [0.25, 0.3) is 0 Å². The maximum atomic E-state index is 12.4. The Balaban J connectivity index is 1.89. The summed E-state index contributed by atoms with van der Waals surface area (Å²) in [5, 5.41) is 0. The van der Waals surface area contributed by atoms with Gasteiger partial charge >= 0.3 is 0 Å². The van der Waals surface area contributed by atoms with Crippen molar-refractivity contribution in [3.05, 3.63) is 29.8 Å². The Morgan fingerprint density at radius 3 is 2.19 bits per heavy atom. The molecular weight excluding hydrogens is 320 g/mol. The van der Waals surface area contributed by atoms with Gasteiger partial charge in [-0.15, -0.1) is 0 Å². The molecule has 2 rings (SSSR count). The quantitative estimate of drug-likeness (QED) is 0.461. The molecule has 2 heteroatoms. The lowest BCUT2D eigenvalue weighted by molar-refractivity contribution is -0.123. The number of hydrogen-bond acceptors (Lipinski definition) is 2. The van der Waals surface area contributed by atoms with Crippen molar-refractivity contribution >= 4 is 5.78 Å². The van der Waals surface area contributed by atoms with E-state index in [4.69, 9.17) is 4.74 Å². The van der Waals surface area contributed by atoms with E-state index in [-0.39, 0.29) is 17.8 Å². The molecule has 1 saturated carbocycles. The van der Waals surface area contributed by atoms with Crippen molar-refractivity contribution in [1.29, 1.82) is 0 Å². The zero-order valence-corrected chi connectivity index (χ0v) is 17.5. The molecule has 26 heavy (non-hydrogen) atoms. The Bertz CT molecular complexity index is 550. The largest absolute Gasteiger partial charge is 0.486 e. The molecule has 1 aliphatic rings. The van der Waals surface area contributed by atoms with Crippen LogP contribution in [0.1, 0.15) is 91.0 Å². The zero-order valence-electron chi connectivity index (χ0n) is 17.5. The first-order chi connectivity index (χ1) is 12.3. The minimum absolute atomic E-state index is 0.209. The van der Waals surface area contributed by atoms with Crippen LogP contribution in [0, 0.1) is 17.3 Å². The third-order valence-corrected chi connectivity index (χ3v) is 6.22. The van der Waals surface area contributed by atoms with E-state index in [1.54, 1.807) is 0 Å². The van der Waals surface area contributed by atoms with Gasteiger partial charge in [0.2, 0.25) is 0 Å². The number of carbonyl (C=O) groups excluding carboxylic acids is 1. The fourth-order valence-corrected chi connectivity index (χ4v) is 4.53. The van der Waals surface area contributed by atoms with E-state index in [9.17, 15) is 4.79 Å². The number of benzene rings is 1. The Hall–Kier alpha value is -1.31. The first-order valence-electron chi connectivity index (χ1n) is 10.6. The summed E-state index contributed by atoms with van der Waals surface area (Å²) < 4.78 is 5.79. The average Bonchev–Trinajstić information content (AvgIpc) is 3.07. The predicted octanol–water partition coefficient (Wildman–Crippen LogP) is 6.78. The summed E-state index contributed by atoms with van der Waals surface area (Å²) in [4.78, 5) is 12.4. The van der Waals surface area contributed by atoms with Crippen LogP contribution in [0.3, 0.4) is 0 Å². The lowest BCUT2D eigenvalue weighted by Crippen LogP contribution is -2.23. The molecule has 146 valence electrons. The molecule has 0 amide bonds. The number of hydrogen-bond donors (Lipinski definition) is 0. The van der Waals surface area contributed by atoms with E-state index >= 15 is 0 Å². The lowest BCUT2D eigenvalue weighted by atomic mass is 9.79. The number of ketones is 1. The highest BCUT2D eigenvalue weighted by Gasteiger charge is 2.34. The summed E-state index contributed by atoms with van der Waals surface area (Å²) in [6.45, 7) is 11.6. The van der Waals surface area contributed by atoms with Gasteiger partial charge in [0, 0.05) is 6.42 Å². The van der Waals surface area contributed by atoms with Gasteiger partial charge in [-0.1, -0.05) is 66.0 Å². The third-order valence-electron chi connectivity index (χ3n) is 6.22. The van der Waals surface area contributed by atoms with Crippen molar-refractivity contribution in [2.45, 2.75) is 85.5 Å². The highest BCUT2D eigenvalue weighted by molar-refractivity contribution is 5.80. The van der Waals surface area contributed by atoms with E-state index in [1.165, 1.54) is 37.7 Å². The Morgan fingerprint density at radius 1 is 1.08 bits per heavy atom. The van der Waals surface area contributed by atoms with Gasteiger partial charge in [-0.25, -0.2) is 0 Å². The van der Waals surface area contributed by atoms with Crippen LogP contribution >= 0.6 is 0 Å². The van der Waals surface area contributed by atoms with Gasteiger partial charge in [0.25, 0.3) is 0 Å². The fraction of sp³-hybridized carbons (Fsp3) is 0.708. The fourth-order valence-electron chi connectivity index (χ4n) is 4.53. The van der Waals surface area contributed by atoms with Crippen molar-refractivity contribution < 1.29 is 9.53 Å². The van der Waals surface area contributed by atoms with Crippen molar-refractivity contribution in [3.8, 4) is 5.75 Å². The van der Waals surface area contributed by atoms with Gasteiger partial charge < -0.3 is 4.74 Å². The second-order valence-electron chi connectivity index (χ2n) is 9.11. The average molecular weight is 359 g/mol. The molecule has 0 bridgehead atoms. The lowest BCUT2D eigenvalue weighted by Gasteiger charge is -2.26. The van der Waals surface area contributed by atoms with Crippen LogP contribution in [-0.2, 0) is 4.79 Å². The summed E-state index contributed by atoms with van der Waals surface area (Å²) >= 11 is 0. The standard InChI is InChI=1S/C24H38O2/c1-6-24(13-7-8-14-24)16-21(25)17-26-22-11-9-20(10-12-22)23(19(4)5)15-18(2)3/h9-12,18-19,23H,6-8,13-17H2,1-5H3. The molecule has 0 heterocycles. The normalized spacial score (nSPS) is 17.7. The summed E-state index contributed by atoms with van der Waals surface area (Å²) in [6, 6.07) is 8.42. The predicted molar refractivity (Wildman–Crippen MR) is 110 cm³/mol. The first-order valence-corrected chi connectivity index (χ1v) is 10.6. The topological polar surface area (TPSA) is 26.3 Å². The number of carbonyl (C=O) groups is 1.